The summed E-state index contributed by atoms with van der Waals surface area (Å²) in [6.07, 6.45) is 4.19. The lowest BCUT2D eigenvalue weighted by atomic mass is 9.89. The van der Waals surface area contributed by atoms with Gasteiger partial charge in [0.1, 0.15) is 5.82 Å². The lowest BCUT2D eigenvalue weighted by Crippen LogP contribution is -2.32. The topological polar surface area (TPSA) is 29.1 Å². The summed E-state index contributed by atoms with van der Waals surface area (Å²) < 4.78 is 13.7. The van der Waals surface area contributed by atoms with Crippen molar-refractivity contribution >= 4 is 33.4 Å². The SMILES string of the molecule is O=C(NCC1CCCC(Cl)C1)c1cc(F)ccc1Br. The number of amides is 1. The van der Waals surface area contributed by atoms with Crippen LogP contribution < -0.4 is 5.32 Å². The summed E-state index contributed by atoms with van der Waals surface area (Å²) in [4.78, 5) is 12.0. The highest BCUT2D eigenvalue weighted by Gasteiger charge is 2.21. The fourth-order valence-electron chi connectivity index (χ4n) is 2.41. The maximum Gasteiger partial charge on any atom is 0.252 e. The minimum atomic E-state index is -0.410. The Morgan fingerprint density at radius 1 is 1.47 bits per heavy atom. The molecule has 2 nitrogen and oxygen atoms in total. The van der Waals surface area contributed by atoms with Gasteiger partial charge in [-0.15, -0.1) is 11.6 Å². The smallest absolute Gasteiger partial charge is 0.252 e. The Kier molecular flexibility index (Phi) is 5.22. The molecule has 1 fully saturated rings. The van der Waals surface area contributed by atoms with Crippen LogP contribution in [0.15, 0.2) is 22.7 Å². The van der Waals surface area contributed by atoms with Gasteiger partial charge in [-0.25, -0.2) is 4.39 Å². The molecule has 19 heavy (non-hydrogen) atoms. The predicted molar refractivity (Wildman–Crippen MR) is 78.0 cm³/mol. The summed E-state index contributed by atoms with van der Waals surface area (Å²) in [5, 5.41) is 3.08. The van der Waals surface area contributed by atoms with Crippen LogP contribution in [0.4, 0.5) is 4.39 Å². The van der Waals surface area contributed by atoms with Crippen LogP contribution in [0.2, 0.25) is 0 Å². The summed E-state index contributed by atoms with van der Waals surface area (Å²) in [6, 6.07) is 4.10. The van der Waals surface area contributed by atoms with Crippen LogP contribution in [0.1, 0.15) is 36.0 Å². The fraction of sp³-hybridized carbons (Fsp3) is 0.500. The monoisotopic (exact) mass is 347 g/mol. The quantitative estimate of drug-likeness (QED) is 0.818. The molecule has 1 N–H and O–H groups in total. The summed E-state index contributed by atoms with van der Waals surface area (Å²) in [5.74, 6) is -0.234. The molecule has 0 aromatic heterocycles. The van der Waals surface area contributed by atoms with Crippen molar-refractivity contribution in [1.82, 2.24) is 5.32 Å². The molecule has 2 atom stereocenters. The van der Waals surface area contributed by atoms with Crippen LogP contribution >= 0.6 is 27.5 Å². The van der Waals surface area contributed by atoms with Gasteiger partial charge in [-0.3, -0.25) is 4.79 Å². The van der Waals surface area contributed by atoms with Gasteiger partial charge in [-0.05, 0) is 59.3 Å². The first-order chi connectivity index (χ1) is 9.06. The molecule has 1 aliphatic rings. The Hall–Kier alpha value is -0.610. The Bertz CT molecular complexity index is 469. The number of carbonyl (C=O) groups excluding carboxylic acids is 1. The first kappa shape index (κ1) is 14.8. The van der Waals surface area contributed by atoms with E-state index in [0.717, 1.165) is 25.7 Å². The number of halogens is 3. The van der Waals surface area contributed by atoms with Crippen molar-refractivity contribution in [1.29, 1.82) is 0 Å². The van der Waals surface area contributed by atoms with Crippen LogP contribution in [0.25, 0.3) is 0 Å². The molecule has 1 aromatic carbocycles. The third kappa shape index (κ3) is 4.18. The van der Waals surface area contributed by atoms with Gasteiger partial charge in [0.15, 0.2) is 0 Å². The largest absolute Gasteiger partial charge is 0.352 e. The Morgan fingerprint density at radius 3 is 3.00 bits per heavy atom. The summed E-state index contributed by atoms with van der Waals surface area (Å²) in [6.45, 7) is 0.602. The van der Waals surface area contributed by atoms with Gasteiger partial charge in [0.2, 0.25) is 0 Å². The van der Waals surface area contributed by atoms with E-state index in [0.29, 0.717) is 22.5 Å². The predicted octanol–water partition coefficient (Wildman–Crippen LogP) is 4.12. The number of rotatable bonds is 3. The van der Waals surface area contributed by atoms with E-state index in [-0.39, 0.29) is 11.3 Å². The zero-order valence-electron chi connectivity index (χ0n) is 10.5. The van der Waals surface area contributed by atoms with Gasteiger partial charge in [0.25, 0.3) is 5.91 Å². The average Bonchev–Trinajstić information content (AvgIpc) is 2.39. The minimum Gasteiger partial charge on any atom is -0.352 e. The first-order valence-electron chi connectivity index (χ1n) is 6.43. The van der Waals surface area contributed by atoms with Crippen molar-refractivity contribution in [2.24, 2.45) is 5.92 Å². The highest BCUT2D eigenvalue weighted by atomic mass is 79.9. The molecule has 0 heterocycles. The second kappa shape index (κ2) is 6.71. The molecule has 0 bridgehead atoms. The molecule has 1 aromatic rings. The van der Waals surface area contributed by atoms with E-state index in [1.165, 1.54) is 12.1 Å². The number of benzene rings is 1. The van der Waals surface area contributed by atoms with Crippen molar-refractivity contribution in [3.8, 4) is 0 Å². The molecular weight excluding hydrogens is 333 g/mol. The molecule has 0 saturated heterocycles. The van der Waals surface area contributed by atoms with Crippen molar-refractivity contribution in [2.75, 3.05) is 6.54 Å². The molecular formula is C14H16BrClFNO. The third-order valence-electron chi connectivity index (χ3n) is 3.44. The fourth-order valence-corrected chi connectivity index (χ4v) is 3.25. The van der Waals surface area contributed by atoms with E-state index in [2.05, 4.69) is 21.2 Å². The normalized spacial score (nSPS) is 23.1. The van der Waals surface area contributed by atoms with E-state index < -0.39 is 5.82 Å². The zero-order chi connectivity index (χ0) is 13.8. The number of nitrogens with one attached hydrogen (secondary N) is 1. The minimum absolute atomic E-state index is 0.219. The zero-order valence-corrected chi connectivity index (χ0v) is 12.8. The van der Waals surface area contributed by atoms with E-state index >= 15 is 0 Å². The second-order valence-corrected chi connectivity index (χ2v) is 6.44. The van der Waals surface area contributed by atoms with E-state index in [4.69, 9.17) is 11.6 Å². The van der Waals surface area contributed by atoms with Gasteiger partial charge in [-0.1, -0.05) is 6.42 Å². The Balaban J connectivity index is 1.92. The van der Waals surface area contributed by atoms with E-state index in [1.807, 2.05) is 0 Å². The van der Waals surface area contributed by atoms with Crippen molar-refractivity contribution in [3.05, 3.63) is 34.1 Å². The van der Waals surface area contributed by atoms with Gasteiger partial charge in [-0.2, -0.15) is 0 Å². The van der Waals surface area contributed by atoms with Crippen LogP contribution in [0, 0.1) is 11.7 Å². The van der Waals surface area contributed by atoms with Crippen molar-refractivity contribution < 1.29 is 9.18 Å². The molecule has 0 radical (unpaired) electrons. The molecule has 5 heteroatoms. The lowest BCUT2D eigenvalue weighted by molar-refractivity contribution is 0.0942. The maximum absolute atomic E-state index is 13.1. The highest BCUT2D eigenvalue weighted by molar-refractivity contribution is 9.10. The Morgan fingerprint density at radius 2 is 2.26 bits per heavy atom. The molecule has 1 aliphatic carbocycles. The maximum atomic E-state index is 13.1. The number of carbonyl (C=O) groups is 1. The van der Waals surface area contributed by atoms with Crippen LogP contribution in [-0.4, -0.2) is 17.8 Å². The number of alkyl halides is 1. The Labute approximate surface area is 125 Å². The van der Waals surface area contributed by atoms with Crippen molar-refractivity contribution in [2.45, 2.75) is 31.1 Å². The molecule has 1 amide bonds. The molecule has 0 spiro atoms. The van der Waals surface area contributed by atoms with Gasteiger partial charge >= 0.3 is 0 Å². The lowest BCUT2D eigenvalue weighted by Gasteiger charge is -2.25. The summed E-state index contributed by atoms with van der Waals surface area (Å²) in [5.41, 5.74) is 0.332. The standard InChI is InChI=1S/C14H16BrClFNO/c15-13-5-4-11(17)7-12(13)14(19)18-8-9-2-1-3-10(16)6-9/h4-5,7,9-10H,1-3,6,8H2,(H,18,19). The van der Waals surface area contributed by atoms with Crippen LogP contribution in [0.5, 0.6) is 0 Å². The molecule has 104 valence electrons. The van der Waals surface area contributed by atoms with Gasteiger partial charge < -0.3 is 5.32 Å². The number of hydrogen-bond acceptors (Lipinski definition) is 1. The second-order valence-electron chi connectivity index (χ2n) is 4.96. The number of hydrogen-bond donors (Lipinski definition) is 1. The van der Waals surface area contributed by atoms with Crippen LogP contribution in [0.3, 0.4) is 0 Å². The average molecular weight is 349 g/mol. The van der Waals surface area contributed by atoms with E-state index in [9.17, 15) is 9.18 Å². The third-order valence-corrected chi connectivity index (χ3v) is 4.53. The molecule has 1 saturated carbocycles. The van der Waals surface area contributed by atoms with Gasteiger partial charge in [0, 0.05) is 16.4 Å². The molecule has 2 rings (SSSR count). The first-order valence-corrected chi connectivity index (χ1v) is 7.66. The van der Waals surface area contributed by atoms with Gasteiger partial charge in [0.05, 0.1) is 5.56 Å². The highest BCUT2D eigenvalue weighted by Crippen LogP contribution is 2.27. The molecule has 2 unspecified atom stereocenters. The van der Waals surface area contributed by atoms with Crippen LogP contribution in [-0.2, 0) is 0 Å². The van der Waals surface area contributed by atoms with E-state index in [1.54, 1.807) is 6.07 Å². The summed E-state index contributed by atoms with van der Waals surface area (Å²) >= 11 is 9.38. The van der Waals surface area contributed by atoms with Crippen molar-refractivity contribution in [3.63, 3.8) is 0 Å². The molecule has 0 aliphatic heterocycles. The summed E-state index contributed by atoms with van der Waals surface area (Å²) in [7, 11) is 0.